The molecule has 3 aliphatic heterocycles. The summed E-state index contributed by atoms with van der Waals surface area (Å²) in [5, 5.41) is 14.8. The Morgan fingerprint density at radius 2 is 1.61 bits per heavy atom. The monoisotopic (exact) mass is 827 g/mol. The Balaban J connectivity index is 1.56. The number of fused-ring (bicyclic) bond motifs is 3. The predicted octanol–water partition coefficient (Wildman–Crippen LogP) is 3.83. The largest absolute Gasteiger partial charge is 0.491 e. The Bertz CT molecular complexity index is 2350. The van der Waals surface area contributed by atoms with Crippen LogP contribution in [0.4, 0.5) is 15.3 Å². The summed E-state index contributed by atoms with van der Waals surface area (Å²) >= 11 is 0. The molecule has 0 aromatic heterocycles. The van der Waals surface area contributed by atoms with E-state index >= 15 is 14.4 Å². The van der Waals surface area contributed by atoms with Gasteiger partial charge in [-0.3, -0.25) is 19.3 Å². The van der Waals surface area contributed by atoms with E-state index in [1.807, 2.05) is 65.6 Å². The molecule has 3 heterocycles. The predicted molar refractivity (Wildman–Crippen MR) is 222 cm³/mol. The summed E-state index contributed by atoms with van der Waals surface area (Å²) in [7, 11) is 1.44. The molecule has 6 atom stereocenters. The van der Waals surface area contributed by atoms with Gasteiger partial charge in [0.05, 0.1) is 43.4 Å². The highest BCUT2D eigenvalue weighted by molar-refractivity contribution is 6.23. The number of esters is 1. The minimum atomic E-state index is -2.04. The van der Waals surface area contributed by atoms with Crippen LogP contribution >= 0.6 is 0 Å². The molecule has 0 aliphatic carbocycles. The first kappa shape index (κ1) is 42.1. The third-order valence-electron chi connectivity index (χ3n) is 11.0. The second-order valence-electron chi connectivity index (χ2n) is 14.4. The Kier molecular flexibility index (Phi) is 12.8. The summed E-state index contributed by atoms with van der Waals surface area (Å²) in [5.41, 5.74) is 5.84. The molecule has 0 saturated carbocycles. The number of cyclic esters (lactones) is 1. The molecule has 15 heteroatoms. The molecular weight excluding hydrogens is 783 g/mol. The Morgan fingerprint density at radius 3 is 2.26 bits per heavy atom. The summed E-state index contributed by atoms with van der Waals surface area (Å²) in [6, 6.07) is 26.1. The van der Waals surface area contributed by atoms with Crippen LogP contribution in [0.5, 0.6) is 5.75 Å². The Hall–Kier alpha value is -6.99. The molecule has 314 valence electrons. The molecule has 2 saturated heterocycles. The minimum absolute atomic E-state index is 0.00824. The van der Waals surface area contributed by atoms with Crippen molar-refractivity contribution >= 4 is 35.6 Å². The lowest BCUT2D eigenvalue weighted by atomic mass is 9.65. The fourth-order valence-electron chi connectivity index (χ4n) is 8.71. The van der Waals surface area contributed by atoms with Gasteiger partial charge in [-0.15, -0.1) is 6.58 Å². The maximum Gasteiger partial charge on any atom is 0.421 e. The number of benzene rings is 4. The minimum Gasteiger partial charge on any atom is -0.491 e. The van der Waals surface area contributed by atoms with Crippen molar-refractivity contribution in [2.24, 2.45) is 11.7 Å². The number of nitrogens with two attached hydrogens (primary N) is 1. The molecule has 5 N–H and O–H groups in total. The maximum absolute atomic E-state index is 16.0. The second kappa shape index (κ2) is 18.5. The summed E-state index contributed by atoms with van der Waals surface area (Å²) in [4.78, 5) is 74.5. The normalized spacial score (nSPS) is 22.6. The van der Waals surface area contributed by atoms with E-state index in [4.69, 9.17) is 24.7 Å². The van der Waals surface area contributed by atoms with Gasteiger partial charge in [0.15, 0.2) is 0 Å². The molecule has 0 bridgehead atoms. The number of hydrogen-bond donors (Lipinski definition) is 4. The topological polar surface area (TPSA) is 199 Å². The van der Waals surface area contributed by atoms with Crippen molar-refractivity contribution in [3.63, 3.8) is 0 Å². The number of morpholine rings is 1. The number of imide groups is 1. The fraction of sp³-hybridized carbons (Fsp3) is 0.283. The van der Waals surface area contributed by atoms with Gasteiger partial charge >= 0.3 is 18.1 Å². The van der Waals surface area contributed by atoms with Gasteiger partial charge in [0, 0.05) is 19.2 Å². The van der Waals surface area contributed by atoms with Gasteiger partial charge in [0.1, 0.15) is 36.5 Å². The van der Waals surface area contributed by atoms with Crippen molar-refractivity contribution in [2.45, 2.75) is 29.6 Å². The number of carbonyl (C=O) groups excluding carboxylic acids is 5. The van der Waals surface area contributed by atoms with E-state index in [0.717, 1.165) is 10.5 Å². The highest BCUT2D eigenvalue weighted by atomic mass is 16.6. The maximum atomic E-state index is 16.0. The third kappa shape index (κ3) is 7.92. The van der Waals surface area contributed by atoms with Gasteiger partial charge in [-0.25, -0.2) is 14.5 Å². The third-order valence-corrected chi connectivity index (χ3v) is 11.0. The number of primary amides is 1. The molecule has 61 heavy (non-hydrogen) atoms. The van der Waals surface area contributed by atoms with E-state index < -0.39 is 65.5 Å². The van der Waals surface area contributed by atoms with Crippen LogP contribution < -0.4 is 26.0 Å². The quantitative estimate of drug-likeness (QED) is 0.0662. The zero-order valence-corrected chi connectivity index (χ0v) is 33.3. The molecular formula is C46H45N5O10. The van der Waals surface area contributed by atoms with E-state index in [-0.39, 0.29) is 50.8 Å². The van der Waals surface area contributed by atoms with Crippen LogP contribution in [0.15, 0.2) is 116 Å². The van der Waals surface area contributed by atoms with Crippen molar-refractivity contribution in [3.05, 3.63) is 144 Å². The first-order chi connectivity index (χ1) is 29.7. The Morgan fingerprint density at radius 1 is 0.902 bits per heavy atom. The molecule has 7 rings (SSSR count). The molecule has 5 amide bonds. The molecule has 0 radical (unpaired) electrons. The fourth-order valence-corrected chi connectivity index (χ4v) is 8.71. The number of aliphatic hydroxyl groups is 1. The lowest BCUT2D eigenvalue weighted by Gasteiger charge is -2.46. The summed E-state index contributed by atoms with van der Waals surface area (Å²) < 4.78 is 22.9. The number of methoxy groups -OCH3 is 1. The Labute approximate surface area is 352 Å². The molecule has 4 aromatic rings. The van der Waals surface area contributed by atoms with Gasteiger partial charge < -0.3 is 40.4 Å². The molecule has 1 spiro atoms. The SMILES string of the molecule is C=CCNC(=O)[C@H]1[C@@H]2C(=O)O[C@@H](c3ccccc3)[C@@H](c3ccccc3)N2[C@@H](c2ccc(OCCO)cc2)[C@]12C(=O)N(C(=O)OCCOC)c1ccc(C#CCNC(N)=O)cc12. The standard InChI is InChI=1S/C46H45N5O10/c1-3-22-48-41(53)36-38-42(54)61-39(31-14-8-5-9-15-31)37(30-12-6-4-7-13-30)51(38)40(32-17-19-33(20-18-32)59-25-24-52)46(36)34-28-29(11-10-23-49-44(47)56)16-21-35(34)50(43(46)55)45(57)60-27-26-58-2/h3-9,12-21,28,36-40,52H,1,22-27H2,2H3,(H,48,53)(H3,47,49,56)/t36-,37-,38-,39+,40+,46-/m1/s1. The number of nitrogens with zero attached hydrogens (tertiary/aromatic N) is 2. The summed E-state index contributed by atoms with van der Waals surface area (Å²) in [6.07, 6.45) is -0.458. The van der Waals surface area contributed by atoms with Crippen molar-refractivity contribution in [2.75, 3.05) is 51.5 Å². The number of amides is 5. The summed E-state index contributed by atoms with van der Waals surface area (Å²) in [6.45, 7) is 3.33. The average molecular weight is 828 g/mol. The van der Waals surface area contributed by atoms with E-state index in [9.17, 15) is 14.7 Å². The first-order valence-corrected chi connectivity index (χ1v) is 19.6. The van der Waals surface area contributed by atoms with Crippen molar-refractivity contribution in [1.82, 2.24) is 15.5 Å². The number of carbonyl (C=O) groups is 5. The number of hydrogen-bond acceptors (Lipinski definition) is 11. The van der Waals surface area contributed by atoms with Crippen molar-refractivity contribution in [1.29, 1.82) is 0 Å². The van der Waals surface area contributed by atoms with Crippen LogP contribution in [0, 0.1) is 17.8 Å². The van der Waals surface area contributed by atoms with Crippen molar-refractivity contribution in [3.8, 4) is 17.6 Å². The van der Waals surface area contributed by atoms with Gasteiger partial charge in [-0.2, -0.15) is 0 Å². The highest BCUT2D eigenvalue weighted by Gasteiger charge is 2.75. The van der Waals surface area contributed by atoms with E-state index in [1.54, 1.807) is 42.5 Å². The lowest BCUT2D eigenvalue weighted by molar-refractivity contribution is -0.178. The number of anilines is 1. The average Bonchev–Trinajstić information content (AvgIpc) is 3.73. The smallest absolute Gasteiger partial charge is 0.421 e. The van der Waals surface area contributed by atoms with E-state index in [1.165, 1.54) is 13.2 Å². The van der Waals surface area contributed by atoms with E-state index in [0.29, 0.717) is 22.4 Å². The van der Waals surface area contributed by atoms with Crippen molar-refractivity contribution < 1.29 is 48.0 Å². The zero-order chi connectivity index (χ0) is 43.1. The first-order valence-electron chi connectivity index (χ1n) is 19.6. The summed E-state index contributed by atoms with van der Waals surface area (Å²) in [5.74, 6) is 2.49. The molecule has 2 fully saturated rings. The number of urea groups is 1. The van der Waals surface area contributed by atoms with Gasteiger partial charge in [0.25, 0.3) is 0 Å². The molecule has 0 unspecified atom stereocenters. The van der Waals surface area contributed by atoms with Gasteiger partial charge in [-0.05, 0) is 52.6 Å². The second-order valence-corrected chi connectivity index (χ2v) is 14.4. The van der Waals surface area contributed by atoms with Gasteiger partial charge in [0.2, 0.25) is 11.8 Å². The van der Waals surface area contributed by atoms with E-state index in [2.05, 4.69) is 29.1 Å². The van der Waals surface area contributed by atoms with Crippen LogP contribution in [-0.4, -0.2) is 92.6 Å². The van der Waals surface area contributed by atoms with Crippen LogP contribution in [-0.2, 0) is 34.0 Å². The molecule has 3 aliphatic rings. The van der Waals surface area contributed by atoms with Crippen LogP contribution in [0.1, 0.15) is 46.0 Å². The van der Waals surface area contributed by atoms with Gasteiger partial charge in [-0.1, -0.05) is 90.7 Å². The number of rotatable bonds is 13. The van der Waals surface area contributed by atoms with Crippen LogP contribution in [0.3, 0.4) is 0 Å². The van der Waals surface area contributed by atoms with Crippen LogP contribution in [0.2, 0.25) is 0 Å². The lowest BCUT2D eigenvalue weighted by Crippen LogP contribution is -2.55. The zero-order valence-electron chi connectivity index (χ0n) is 33.3. The number of aliphatic hydroxyl groups excluding tert-OH is 1. The molecule has 4 aromatic carbocycles. The number of nitrogens with one attached hydrogen (secondary N) is 2. The van der Waals surface area contributed by atoms with Crippen LogP contribution in [0.25, 0.3) is 0 Å². The molecule has 15 nitrogen and oxygen atoms in total. The number of ether oxygens (including phenoxy) is 4. The highest BCUT2D eigenvalue weighted by Crippen LogP contribution is 2.66.